The SMILES string of the molecule is Cc1ccc(CN2CC[C@H]3OCC[C@@H](C(=O)N4CCCCO4)[C@@H]3C2)s1. The molecule has 3 atom stereocenters. The first-order valence-electron chi connectivity index (χ1n) is 9.54. The molecule has 0 saturated carbocycles. The smallest absolute Gasteiger partial charge is 0.249 e. The lowest BCUT2D eigenvalue weighted by Crippen LogP contribution is -2.54. The van der Waals surface area contributed by atoms with E-state index in [-0.39, 0.29) is 17.9 Å². The Bertz CT molecular complexity index is 599. The average molecular weight is 365 g/mol. The van der Waals surface area contributed by atoms with E-state index in [0.717, 1.165) is 51.9 Å². The second kappa shape index (κ2) is 7.74. The number of hydroxylamine groups is 2. The first-order valence-corrected chi connectivity index (χ1v) is 10.4. The lowest BCUT2D eigenvalue weighted by molar-refractivity contribution is -0.209. The van der Waals surface area contributed by atoms with Crippen LogP contribution in [0.5, 0.6) is 0 Å². The monoisotopic (exact) mass is 364 g/mol. The fourth-order valence-corrected chi connectivity index (χ4v) is 5.31. The first kappa shape index (κ1) is 17.5. The van der Waals surface area contributed by atoms with E-state index in [2.05, 4.69) is 24.0 Å². The lowest BCUT2D eigenvalue weighted by atomic mass is 9.79. The van der Waals surface area contributed by atoms with Crippen molar-refractivity contribution in [2.24, 2.45) is 11.8 Å². The Balaban J connectivity index is 1.43. The zero-order chi connectivity index (χ0) is 17.2. The van der Waals surface area contributed by atoms with Gasteiger partial charge in [0.1, 0.15) is 0 Å². The Hall–Kier alpha value is -0.950. The molecule has 4 heterocycles. The van der Waals surface area contributed by atoms with Gasteiger partial charge >= 0.3 is 0 Å². The van der Waals surface area contributed by atoms with E-state index >= 15 is 0 Å². The van der Waals surface area contributed by atoms with Gasteiger partial charge in [0.15, 0.2) is 0 Å². The van der Waals surface area contributed by atoms with Crippen molar-refractivity contribution in [3.05, 3.63) is 21.9 Å². The highest BCUT2D eigenvalue weighted by molar-refractivity contribution is 7.11. The molecule has 138 valence electrons. The number of nitrogens with zero attached hydrogens (tertiary/aromatic N) is 2. The molecule has 6 heteroatoms. The van der Waals surface area contributed by atoms with Crippen molar-refractivity contribution in [3.8, 4) is 0 Å². The quantitative estimate of drug-likeness (QED) is 0.827. The fourth-order valence-electron chi connectivity index (χ4n) is 4.38. The number of aryl methyl sites for hydroxylation is 1. The van der Waals surface area contributed by atoms with Crippen LogP contribution in [0.3, 0.4) is 0 Å². The van der Waals surface area contributed by atoms with Gasteiger partial charge in [0.2, 0.25) is 5.91 Å². The van der Waals surface area contributed by atoms with E-state index in [1.807, 2.05) is 11.3 Å². The number of piperidine rings is 1. The van der Waals surface area contributed by atoms with E-state index in [4.69, 9.17) is 9.57 Å². The van der Waals surface area contributed by atoms with Gasteiger partial charge in [-0.3, -0.25) is 14.5 Å². The fraction of sp³-hybridized carbons (Fsp3) is 0.737. The van der Waals surface area contributed by atoms with Crippen molar-refractivity contribution in [2.45, 2.75) is 45.3 Å². The van der Waals surface area contributed by atoms with Gasteiger partial charge in [-0.25, -0.2) is 5.06 Å². The standard InChI is InChI=1S/C19H28N2O3S/c1-14-4-5-15(25-14)12-20-9-6-18-17(13-20)16(7-11-23-18)19(22)21-8-2-3-10-24-21/h4-5,16-18H,2-3,6-13H2,1H3/t16-,17+,18-/m1/s1. The number of hydrogen-bond donors (Lipinski definition) is 0. The van der Waals surface area contributed by atoms with E-state index in [1.54, 1.807) is 5.06 Å². The van der Waals surface area contributed by atoms with Crippen LogP contribution in [-0.2, 0) is 20.9 Å². The molecule has 0 unspecified atom stereocenters. The van der Waals surface area contributed by atoms with Crippen LogP contribution in [0.1, 0.15) is 35.4 Å². The number of amides is 1. The Morgan fingerprint density at radius 1 is 1.24 bits per heavy atom. The summed E-state index contributed by atoms with van der Waals surface area (Å²) in [6.07, 6.45) is 4.18. The summed E-state index contributed by atoms with van der Waals surface area (Å²) in [6, 6.07) is 4.42. The third-order valence-corrected chi connectivity index (χ3v) is 6.68. The zero-order valence-corrected chi connectivity index (χ0v) is 15.8. The van der Waals surface area contributed by atoms with Gasteiger partial charge in [-0.1, -0.05) is 0 Å². The van der Waals surface area contributed by atoms with Crippen molar-refractivity contribution in [1.29, 1.82) is 0 Å². The predicted molar refractivity (Wildman–Crippen MR) is 97.2 cm³/mol. The molecule has 25 heavy (non-hydrogen) atoms. The molecule has 1 aromatic heterocycles. The third kappa shape index (κ3) is 3.92. The Morgan fingerprint density at radius 2 is 2.16 bits per heavy atom. The average Bonchev–Trinajstić information content (AvgIpc) is 3.06. The lowest BCUT2D eigenvalue weighted by Gasteiger charge is -2.45. The van der Waals surface area contributed by atoms with E-state index in [9.17, 15) is 4.79 Å². The molecule has 3 aliphatic rings. The van der Waals surface area contributed by atoms with Gasteiger partial charge in [-0.05, 0) is 44.7 Å². The summed E-state index contributed by atoms with van der Waals surface area (Å²) in [6.45, 7) is 7.27. The van der Waals surface area contributed by atoms with Crippen LogP contribution in [0.2, 0.25) is 0 Å². The normalized spacial score (nSPS) is 30.9. The highest BCUT2D eigenvalue weighted by Gasteiger charge is 2.43. The van der Waals surface area contributed by atoms with Crippen LogP contribution < -0.4 is 0 Å². The van der Waals surface area contributed by atoms with Crippen molar-refractivity contribution in [2.75, 3.05) is 32.8 Å². The minimum atomic E-state index is 0.0460. The summed E-state index contributed by atoms with van der Waals surface area (Å²) in [7, 11) is 0. The van der Waals surface area contributed by atoms with Gasteiger partial charge in [0.05, 0.1) is 12.7 Å². The molecule has 5 nitrogen and oxygen atoms in total. The maximum atomic E-state index is 13.0. The van der Waals surface area contributed by atoms with Gasteiger partial charge in [-0.15, -0.1) is 11.3 Å². The maximum Gasteiger partial charge on any atom is 0.249 e. The van der Waals surface area contributed by atoms with Crippen molar-refractivity contribution >= 4 is 17.2 Å². The molecule has 1 amide bonds. The van der Waals surface area contributed by atoms with Gasteiger partial charge in [0.25, 0.3) is 0 Å². The van der Waals surface area contributed by atoms with Crippen LogP contribution in [0.4, 0.5) is 0 Å². The molecule has 0 radical (unpaired) electrons. The third-order valence-electron chi connectivity index (χ3n) is 5.70. The number of hydrogen-bond acceptors (Lipinski definition) is 5. The molecule has 3 aliphatic heterocycles. The molecule has 3 saturated heterocycles. The minimum absolute atomic E-state index is 0.0460. The maximum absolute atomic E-state index is 13.0. The molecular weight excluding hydrogens is 336 g/mol. The number of rotatable bonds is 3. The van der Waals surface area contributed by atoms with Crippen molar-refractivity contribution in [3.63, 3.8) is 0 Å². The summed E-state index contributed by atoms with van der Waals surface area (Å²) >= 11 is 1.87. The second-order valence-corrected chi connectivity index (χ2v) is 8.86. The number of ether oxygens (including phenoxy) is 1. The molecule has 0 spiro atoms. The Kier molecular flexibility index (Phi) is 5.41. The molecule has 4 rings (SSSR count). The van der Waals surface area contributed by atoms with Crippen molar-refractivity contribution < 1.29 is 14.4 Å². The summed E-state index contributed by atoms with van der Waals surface area (Å²) in [4.78, 5) is 23.9. The molecule has 0 bridgehead atoms. The van der Waals surface area contributed by atoms with Crippen LogP contribution in [0.25, 0.3) is 0 Å². The minimum Gasteiger partial charge on any atom is -0.378 e. The molecule has 0 aliphatic carbocycles. The molecule has 3 fully saturated rings. The van der Waals surface area contributed by atoms with E-state index < -0.39 is 0 Å². The summed E-state index contributed by atoms with van der Waals surface area (Å²) in [5, 5.41) is 1.64. The number of likely N-dealkylation sites (tertiary alicyclic amines) is 1. The predicted octanol–water partition coefficient (Wildman–Crippen LogP) is 2.84. The second-order valence-electron chi connectivity index (χ2n) is 7.49. The van der Waals surface area contributed by atoms with Gasteiger partial charge in [-0.2, -0.15) is 0 Å². The topological polar surface area (TPSA) is 42.0 Å². The summed E-state index contributed by atoms with van der Waals surface area (Å²) < 4.78 is 6.02. The first-order chi connectivity index (χ1) is 12.2. The zero-order valence-electron chi connectivity index (χ0n) is 15.0. The van der Waals surface area contributed by atoms with E-state index in [1.165, 1.54) is 9.75 Å². The molecular formula is C19H28N2O3S. The number of thiophene rings is 1. The largest absolute Gasteiger partial charge is 0.378 e. The number of carbonyl (C=O) groups is 1. The Morgan fingerprint density at radius 3 is 2.92 bits per heavy atom. The summed E-state index contributed by atoms with van der Waals surface area (Å²) in [5.74, 6) is 0.526. The van der Waals surface area contributed by atoms with Crippen LogP contribution in [0.15, 0.2) is 12.1 Å². The molecule has 0 aromatic carbocycles. The van der Waals surface area contributed by atoms with Gasteiger partial charge < -0.3 is 4.74 Å². The highest BCUT2D eigenvalue weighted by Crippen LogP contribution is 2.35. The molecule has 0 N–H and O–H groups in total. The van der Waals surface area contributed by atoms with Crippen molar-refractivity contribution in [1.82, 2.24) is 9.96 Å². The van der Waals surface area contributed by atoms with Crippen LogP contribution >= 0.6 is 11.3 Å². The molecule has 1 aromatic rings. The summed E-state index contributed by atoms with van der Waals surface area (Å²) in [5.41, 5.74) is 0. The van der Waals surface area contributed by atoms with E-state index in [0.29, 0.717) is 19.1 Å². The van der Waals surface area contributed by atoms with Gasteiger partial charge in [0, 0.05) is 54.4 Å². The van der Waals surface area contributed by atoms with Crippen LogP contribution in [-0.4, -0.2) is 54.8 Å². The Labute approximate surface area is 153 Å². The number of fused-ring (bicyclic) bond motifs is 1. The highest BCUT2D eigenvalue weighted by atomic mass is 32.1. The number of carbonyl (C=O) groups excluding carboxylic acids is 1. The van der Waals surface area contributed by atoms with Crippen LogP contribution in [0, 0.1) is 18.8 Å².